The minimum atomic E-state index is -0.246. The number of para-hydroxylation sites is 2. The van der Waals surface area contributed by atoms with Crippen LogP contribution in [0.1, 0.15) is 29.3 Å². The first kappa shape index (κ1) is 17.9. The van der Waals surface area contributed by atoms with Crippen LogP contribution in [-0.4, -0.2) is 36.2 Å². The lowest BCUT2D eigenvalue weighted by Gasteiger charge is -2.29. The van der Waals surface area contributed by atoms with E-state index in [4.69, 9.17) is 4.74 Å². The van der Waals surface area contributed by atoms with Gasteiger partial charge in [0.2, 0.25) is 0 Å². The Morgan fingerprint density at radius 1 is 1.23 bits per heavy atom. The predicted molar refractivity (Wildman–Crippen MR) is 98.2 cm³/mol. The van der Waals surface area contributed by atoms with Gasteiger partial charge in [-0.15, -0.1) is 0 Å². The highest BCUT2D eigenvalue weighted by atomic mass is 16.5. The van der Waals surface area contributed by atoms with Crippen LogP contribution in [0, 0.1) is 0 Å². The number of hydrogen-bond donors (Lipinski definition) is 2. The Labute approximate surface area is 152 Å². The molecule has 2 aromatic rings. The van der Waals surface area contributed by atoms with Gasteiger partial charge in [0.05, 0.1) is 24.9 Å². The van der Waals surface area contributed by atoms with Crippen LogP contribution >= 0.6 is 0 Å². The lowest BCUT2D eigenvalue weighted by Crippen LogP contribution is -2.38. The van der Waals surface area contributed by atoms with Gasteiger partial charge >= 0.3 is 0 Å². The van der Waals surface area contributed by atoms with Gasteiger partial charge in [-0.1, -0.05) is 31.2 Å². The fourth-order valence-electron chi connectivity index (χ4n) is 2.82. The number of rotatable bonds is 6. The van der Waals surface area contributed by atoms with E-state index in [-0.39, 0.29) is 31.1 Å². The van der Waals surface area contributed by atoms with Gasteiger partial charge < -0.3 is 20.1 Å². The molecule has 1 unspecified atom stereocenters. The molecule has 6 nitrogen and oxygen atoms in total. The number of aliphatic hydroxyl groups is 1. The van der Waals surface area contributed by atoms with Gasteiger partial charge in [-0.05, 0) is 36.2 Å². The lowest BCUT2D eigenvalue weighted by atomic mass is 10.1. The Bertz CT molecular complexity index is 785. The van der Waals surface area contributed by atoms with Gasteiger partial charge in [0.25, 0.3) is 11.8 Å². The first-order valence-electron chi connectivity index (χ1n) is 8.65. The summed E-state index contributed by atoms with van der Waals surface area (Å²) >= 11 is 0. The Morgan fingerprint density at radius 2 is 1.96 bits per heavy atom. The van der Waals surface area contributed by atoms with E-state index in [0.29, 0.717) is 24.3 Å². The summed E-state index contributed by atoms with van der Waals surface area (Å²) in [6.45, 7) is 2.26. The Morgan fingerprint density at radius 3 is 2.65 bits per heavy atom. The Balaban J connectivity index is 1.72. The highest BCUT2D eigenvalue weighted by molar-refractivity contribution is 5.98. The normalized spacial score (nSPS) is 14.4. The molecule has 2 N–H and O–H groups in total. The van der Waals surface area contributed by atoms with E-state index >= 15 is 0 Å². The molecule has 0 bridgehead atoms. The van der Waals surface area contributed by atoms with Crippen molar-refractivity contribution in [1.82, 2.24) is 5.32 Å². The molecular weight excluding hydrogens is 332 g/mol. The second kappa shape index (κ2) is 8.01. The van der Waals surface area contributed by atoms with Crippen LogP contribution in [0.3, 0.4) is 0 Å². The summed E-state index contributed by atoms with van der Waals surface area (Å²) in [5.74, 6) is 0.377. The zero-order chi connectivity index (χ0) is 18.5. The van der Waals surface area contributed by atoms with Gasteiger partial charge in [-0.25, -0.2) is 0 Å². The first-order chi connectivity index (χ1) is 12.6. The molecule has 26 heavy (non-hydrogen) atoms. The van der Waals surface area contributed by atoms with Crippen LogP contribution in [0.25, 0.3) is 0 Å². The molecule has 1 aliphatic heterocycles. The zero-order valence-corrected chi connectivity index (χ0v) is 14.6. The van der Waals surface area contributed by atoms with Crippen molar-refractivity contribution in [3.8, 4) is 5.75 Å². The number of anilines is 1. The van der Waals surface area contributed by atoms with Gasteiger partial charge in [0.15, 0.2) is 6.61 Å². The van der Waals surface area contributed by atoms with E-state index in [1.807, 2.05) is 43.3 Å². The first-order valence-corrected chi connectivity index (χ1v) is 8.65. The summed E-state index contributed by atoms with van der Waals surface area (Å²) in [4.78, 5) is 26.1. The number of fused-ring (bicyclic) bond motifs is 1. The van der Waals surface area contributed by atoms with E-state index in [2.05, 4.69) is 5.32 Å². The fraction of sp³-hybridized carbons (Fsp3) is 0.300. The molecule has 0 radical (unpaired) electrons. The molecule has 0 saturated carbocycles. The predicted octanol–water partition coefficient (Wildman–Crippen LogP) is 2.11. The third kappa shape index (κ3) is 3.86. The van der Waals surface area contributed by atoms with Crippen molar-refractivity contribution in [2.75, 3.05) is 18.1 Å². The molecule has 1 heterocycles. The number of ether oxygens (including phenoxy) is 1. The molecule has 3 rings (SSSR count). The van der Waals surface area contributed by atoms with Crippen LogP contribution in [0.2, 0.25) is 0 Å². The monoisotopic (exact) mass is 354 g/mol. The number of nitrogens with zero attached hydrogens (tertiary/aromatic N) is 1. The number of nitrogens with one attached hydrogen (secondary N) is 1. The molecule has 0 saturated heterocycles. The van der Waals surface area contributed by atoms with Crippen molar-refractivity contribution in [2.45, 2.75) is 25.9 Å². The van der Waals surface area contributed by atoms with E-state index < -0.39 is 0 Å². The smallest absolute Gasteiger partial charge is 0.265 e. The number of hydrogen-bond acceptors (Lipinski definition) is 4. The fourth-order valence-corrected chi connectivity index (χ4v) is 2.82. The summed E-state index contributed by atoms with van der Waals surface area (Å²) in [5, 5.41) is 12.0. The maximum atomic E-state index is 12.2. The molecule has 2 aromatic carbocycles. The van der Waals surface area contributed by atoms with Crippen LogP contribution in [0.5, 0.6) is 5.75 Å². The van der Waals surface area contributed by atoms with Gasteiger partial charge in [0, 0.05) is 5.56 Å². The average molecular weight is 354 g/mol. The molecule has 0 spiro atoms. The van der Waals surface area contributed by atoms with Crippen molar-refractivity contribution >= 4 is 17.5 Å². The van der Waals surface area contributed by atoms with Crippen LogP contribution in [-0.2, 0) is 11.3 Å². The van der Waals surface area contributed by atoms with E-state index in [0.717, 1.165) is 11.3 Å². The third-order valence-electron chi connectivity index (χ3n) is 4.41. The highest BCUT2D eigenvalue weighted by Crippen LogP contribution is 2.32. The average Bonchev–Trinajstić information content (AvgIpc) is 2.68. The molecular formula is C20H22N2O4. The summed E-state index contributed by atoms with van der Waals surface area (Å²) in [6.07, 6.45) is 0.666. The maximum Gasteiger partial charge on any atom is 0.265 e. The van der Waals surface area contributed by atoms with E-state index in [1.54, 1.807) is 17.0 Å². The number of benzene rings is 2. The van der Waals surface area contributed by atoms with Crippen molar-refractivity contribution in [3.63, 3.8) is 0 Å². The largest absolute Gasteiger partial charge is 0.482 e. The summed E-state index contributed by atoms with van der Waals surface area (Å²) in [7, 11) is 0. The quantitative estimate of drug-likeness (QED) is 0.833. The van der Waals surface area contributed by atoms with Crippen LogP contribution in [0.4, 0.5) is 5.69 Å². The van der Waals surface area contributed by atoms with Crippen molar-refractivity contribution < 1.29 is 19.4 Å². The SMILES string of the molecule is CCC(CO)NC(=O)c1ccc(CN2C(=O)COc3ccccc32)cc1. The molecule has 1 atom stereocenters. The number of carbonyl (C=O) groups is 2. The lowest BCUT2D eigenvalue weighted by molar-refractivity contribution is -0.121. The Hall–Kier alpha value is -2.86. The molecule has 0 aromatic heterocycles. The highest BCUT2D eigenvalue weighted by Gasteiger charge is 2.25. The molecule has 136 valence electrons. The van der Waals surface area contributed by atoms with E-state index in [9.17, 15) is 14.7 Å². The topological polar surface area (TPSA) is 78.9 Å². The van der Waals surface area contributed by atoms with Crippen molar-refractivity contribution in [1.29, 1.82) is 0 Å². The van der Waals surface area contributed by atoms with Crippen molar-refractivity contribution in [2.24, 2.45) is 0 Å². The van der Waals surface area contributed by atoms with E-state index in [1.165, 1.54) is 0 Å². The third-order valence-corrected chi connectivity index (χ3v) is 4.41. The van der Waals surface area contributed by atoms with Gasteiger partial charge in [-0.2, -0.15) is 0 Å². The van der Waals surface area contributed by atoms with Gasteiger partial charge in [0.1, 0.15) is 5.75 Å². The maximum absolute atomic E-state index is 12.2. The Kier molecular flexibility index (Phi) is 5.53. The van der Waals surface area contributed by atoms with Crippen LogP contribution < -0.4 is 15.0 Å². The second-order valence-corrected chi connectivity index (χ2v) is 6.19. The van der Waals surface area contributed by atoms with Crippen LogP contribution in [0.15, 0.2) is 48.5 Å². The van der Waals surface area contributed by atoms with Gasteiger partial charge in [-0.3, -0.25) is 9.59 Å². The summed E-state index contributed by atoms with van der Waals surface area (Å²) in [5.41, 5.74) is 2.19. The second-order valence-electron chi connectivity index (χ2n) is 6.19. The molecule has 6 heteroatoms. The minimum Gasteiger partial charge on any atom is -0.482 e. The molecule has 0 fully saturated rings. The standard InChI is InChI=1S/C20H22N2O4/c1-2-16(12-23)21-20(25)15-9-7-14(8-10-15)11-22-17-5-3-4-6-18(17)26-13-19(22)24/h3-10,16,23H,2,11-13H2,1H3,(H,21,25). The molecule has 2 amide bonds. The minimum absolute atomic E-state index is 0.0249. The van der Waals surface area contributed by atoms with Crippen molar-refractivity contribution in [3.05, 3.63) is 59.7 Å². The summed E-state index contributed by atoms with van der Waals surface area (Å²) < 4.78 is 5.45. The molecule has 1 aliphatic rings. The molecule has 0 aliphatic carbocycles. The number of amides is 2. The number of aliphatic hydroxyl groups excluding tert-OH is 1. The zero-order valence-electron chi connectivity index (χ0n) is 14.6. The summed E-state index contributed by atoms with van der Waals surface area (Å²) in [6, 6.07) is 14.3. The number of carbonyl (C=O) groups excluding carboxylic acids is 2.